The van der Waals surface area contributed by atoms with Gasteiger partial charge >= 0.3 is 0 Å². The number of aromatic nitrogens is 2. The summed E-state index contributed by atoms with van der Waals surface area (Å²) in [6, 6.07) is 11.5. The summed E-state index contributed by atoms with van der Waals surface area (Å²) in [5, 5.41) is 5.03. The molecule has 0 amide bonds. The Hall–Kier alpha value is -2.71. The Balaban J connectivity index is 1.74. The molecular formula is C23H25BrN4O3. The van der Waals surface area contributed by atoms with E-state index >= 15 is 0 Å². The summed E-state index contributed by atoms with van der Waals surface area (Å²) >= 11 is 3.43. The van der Waals surface area contributed by atoms with Gasteiger partial charge in [-0.25, -0.2) is 4.98 Å². The van der Waals surface area contributed by atoms with Crippen molar-refractivity contribution in [2.24, 2.45) is 5.10 Å². The maximum Gasteiger partial charge on any atom is 0.282 e. The molecule has 0 N–H and O–H groups in total. The molecule has 2 heterocycles. The van der Waals surface area contributed by atoms with Gasteiger partial charge in [-0.15, -0.1) is 0 Å². The van der Waals surface area contributed by atoms with Gasteiger partial charge in [0.25, 0.3) is 5.56 Å². The summed E-state index contributed by atoms with van der Waals surface area (Å²) in [4.78, 5) is 20.1. The summed E-state index contributed by atoms with van der Waals surface area (Å²) in [6.45, 7) is 7.13. The van der Waals surface area contributed by atoms with Crippen LogP contribution in [0.5, 0.6) is 5.75 Å². The van der Waals surface area contributed by atoms with Gasteiger partial charge in [-0.05, 0) is 30.3 Å². The van der Waals surface area contributed by atoms with Crippen LogP contribution >= 0.6 is 15.9 Å². The van der Waals surface area contributed by atoms with E-state index in [4.69, 9.17) is 9.47 Å². The SMILES string of the molecule is COc1cc(N2CCOCC2)ccc1C=Nn1c(C(C)C)nc2ccc(Br)cc2c1=O. The summed E-state index contributed by atoms with van der Waals surface area (Å²) in [6.07, 6.45) is 1.65. The van der Waals surface area contributed by atoms with Crippen molar-refractivity contribution in [1.82, 2.24) is 9.66 Å². The van der Waals surface area contributed by atoms with Crippen LogP contribution in [-0.4, -0.2) is 49.3 Å². The van der Waals surface area contributed by atoms with Gasteiger partial charge in [0.15, 0.2) is 0 Å². The molecule has 0 aliphatic carbocycles. The molecule has 7 nitrogen and oxygen atoms in total. The van der Waals surface area contributed by atoms with Crippen molar-refractivity contribution in [3.05, 3.63) is 62.6 Å². The van der Waals surface area contributed by atoms with E-state index in [1.165, 1.54) is 4.68 Å². The van der Waals surface area contributed by atoms with Gasteiger partial charge in [-0.1, -0.05) is 29.8 Å². The van der Waals surface area contributed by atoms with Gasteiger partial charge in [-0.3, -0.25) is 4.79 Å². The number of fused-ring (bicyclic) bond motifs is 1. The number of hydrogen-bond acceptors (Lipinski definition) is 6. The van der Waals surface area contributed by atoms with Crippen molar-refractivity contribution in [2.75, 3.05) is 38.3 Å². The molecule has 1 aliphatic heterocycles. The third-order valence-corrected chi connectivity index (χ3v) is 5.75. The van der Waals surface area contributed by atoms with Crippen molar-refractivity contribution in [3.63, 3.8) is 0 Å². The fraction of sp³-hybridized carbons (Fsp3) is 0.348. The topological polar surface area (TPSA) is 69.0 Å². The molecule has 1 aromatic heterocycles. The largest absolute Gasteiger partial charge is 0.496 e. The van der Waals surface area contributed by atoms with Crippen molar-refractivity contribution in [2.45, 2.75) is 19.8 Å². The number of anilines is 1. The molecule has 0 radical (unpaired) electrons. The molecule has 8 heteroatoms. The average Bonchev–Trinajstić information content (AvgIpc) is 2.79. The average molecular weight is 485 g/mol. The van der Waals surface area contributed by atoms with E-state index in [-0.39, 0.29) is 11.5 Å². The van der Waals surface area contributed by atoms with Gasteiger partial charge in [0.05, 0.1) is 37.4 Å². The van der Waals surface area contributed by atoms with Crippen molar-refractivity contribution >= 4 is 38.7 Å². The molecule has 0 bridgehead atoms. The van der Waals surface area contributed by atoms with E-state index < -0.39 is 0 Å². The van der Waals surface area contributed by atoms with Crippen molar-refractivity contribution in [1.29, 1.82) is 0 Å². The third-order valence-electron chi connectivity index (χ3n) is 5.26. The molecule has 2 aromatic carbocycles. The number of benzene rings is 2. The van der Waals surface area contributed by atoms with Gasteiger partial charge in [0.1, 0.15) is 11.6 Å². The highest BCUT2D eigenvalue weighted by Crippen LogP contribution is 2.26. The van der Waals surface area contributed by atoms with E-state index in [1.807, 2.05) is 44.2 Å². The standard InChI is InChI=1S/C23H25BrN4O3/c1-15(2)22-26-20-7-5-17(24)12-19(20)23(29)28(22)25-14-16-4-6-18(13-21(16)30-3)27-8-10-31-11-9-27/h4-7,12-15H,8-11H2,1-3H3. The predicted octanol–water partition coefficient (Wildman–Crippen LogP) is 4.01. The van der Waals surface area contributed by atoms with Crippen LogP contribution < -0.4 is 15.2 Å². The Labute approximate surface area is 189 Å². The molecule has 0 spiro atoms. The molecule has 1 saturated heterocycles. The molecule has 1 aliphatic rings. The highest BCUT2D eigenvalue weighted by Gasteiger charge is 2.15. The fourth-order valence-corrected chi connectivity index (χ4v) is 3.96. The lowest BCUT2D eigenvalue weighted by Crippen LogP contribution is -2.36. The van der Waals surface area contributed by atoms with Crippen LogP contribution in [0.1, 0.15) is 31.2 Å². The monoisotopic (exact) mass is 484 g/mol. The number of morpholine rings is 1. The number of halogens is 1. The first kappa shape index (κ1) is 21.5. The summed E-state index contributed by atoms with van der Waals surface area (Å²) in [5.41, 5.74) is 2.33. The van der Waals surface area contributed by atoms with Gasteiger partial charge in [0, 0.05) is 40.8 Å². The van der Waals surface area contributed by atoms with Crippen molar-refractivity contribution < 1.29 is 9.47 Å². The molecule has 31 heavy (non-hydrogen) atoms. The molecule has 0 atom stereocenters. The first-order chi connectivity index (χ1) is 15.0. The Bertz CT molecular complexity index is 1180. The maximum absolute atomic E-state index is 13.2. The lowest BCUT2D eigenvalue weighted by Gasteiger charge is -2.29. The van der Waals surface area contributed by atoms with E-state index in [0.29, 0.717) is 22.5 Å². The smallest absolute Gasteiger partial charge is 0.282 e. The molecule has 0 saturated carbocycles. The molecule has 4 rings (SSSR count). The zero-order valence-electron chi connectivity index (χ0n) is 17.8. The van der Waals surface area contributed by atoms with Crippen LogP contribution in [-0.2, 0) is 4.74 Å². The number of rotatable bonds is 5. The Morgan fingerprint density at radius 2 is 1.97 bits per heavy atom. The Kier molecular flexibility index (Phi) is 6.38. The summed E-state index contributed by atoms with van der Waals surface area (Å²) in [5.74, 6) is 1.34. The number of ether oxygens (including phenoxy) is 2. The van der Waals surface area contributed by atoms with E-state index in [1.54, 1.807) is 19.4 Å². The number of nitrogens with zero attached hydrogens (tertiary/aromatic N) is 4. The van der Waals surface area contributed by atoms with E-state index in [0.717, 1.165) is 42.0 Å². The quantitative estimate of drug-likeness (QED) is 0.511. The van der Waals surface area contributed by atoms with Crippen LogP contribution in [0.3, 0.4) is 0 Å². The molecule has 0 unspecified atom stereocenters. The Morgan fingerprint density at radius 1 is 1.19 bits per heavy atom. The molecule has 3 aromatic rings. The third kappa shape index (κ3) is 4.50. The van der Waals surface area contributed by atoms with Crippen LogP contribution in [0, 0.1) is 0 Å². The zero-order chi connectivity index (χ0) is 22.0. The number of hydrogen-bond donors (Lipinski definition) is 0. The van der Waals surface area contributed by atoms with Crippen LogP contribution in [0.25, 0.3) is 10.9 Å². The van der Waals surface area contributed by atoms with Crippen molar-refractivity contribution in [3.8, 4) is 5.75 Å². The van der Waals surface area contributed by atoms with Gasteiger partial charge in [0.2, 0.25) is 0 Å². The lowest BCUT2D eigenvalue weighted by atomic mass is 10.1. The molecule has 1 fully saturated rings. The second-order valence-electron chi connectivity index (χ2n) is 7.67. The summed E-state index contributed by atoms with van der Waals surface area (Å²) < 4.78 is 13.2. The summed E-state index contributed by atoms with van der Waals surface area (Å²) in [7, 11) is 1.64. The van der Waals surface area contributed by atoms with E-state index in [9.17, 15) is 4.79 Å². The van der Waals surface area contributed by atoms with Gasteiger partial charge < -0.3 is 14.4 Å². The predicted molar refractivity (Wildman–Crippen MR) is 127 cm³/mol. The zero-order valence-corrected chi connectivity index (χ0v) is 19.4. The van der Waals surface area contributed by atoms with Crippen LogP contribution in [0.15, 0.2) is 50.8 Å². The highest BCUT2D eigenvalue weighted by atomic mass is 79.9. The second-order valence-corrected chi connectivity index (χ2v) is 8.59. The highest BCUT2D eigenvalue weighted by molar-refractivity contribution is 9.10. The first-order valence-electron chi connectivity index (χ1n) is 10.2. The minimum atomic E-state index is -0.199. The number of methoxy groups -OCH3 is 1. The van der Waals surface area contributed by atoms with Crippen LogP contribution in [0.4, 0.5) is 5.69 Å². The van der Waals surface area contributed by atoms with Gasteiger partial charge in [-0.2, -0.15) is 9.78 Å². The second kappa shape index (κ2) is 9.20. The normalized spacial score (nSPS) is 14.7. The first-order valence-corrected chi connectivity index (χ1v) is 11.0. The lowest BCUT2D eigenvalue weighted by molar-refractivity contribution is 0.122. The maximum atomic E-state index is 13.2. The molecular weight excluding hydrogens is 460 g/mol. The van der Waals surface area contributed by atoms with E-state index in [2.05, 4.69) is 30.9 Å². The molecule has 162 valence electrons. The van der Waals surface area contributed by atoms with Crippen LogP contribution in [0.2, 0.25) is 0 Å². The Morgan fingerprint density at radius 3 is 2.68 bits per heavy atom. The minimum absolute atomic E-state index is 0.0310. The fourth-order valence-electron chi connectivity index (χ4n) is 3.60. The minimum Gasteiger partial charge on any atom is -0.496 e.